The van der Waals surface area contributed by atoms with E-state index in [9.17, 15) is 0 Å². The van der Waals surface area contributed by atoms with E-state index < -0.39 is 0 Å². The second-order valence-electron chi connectivity index (χ2n) is 4.80. The zero-order valence-electron chi connectivity index (χ0n) is 10.3. The van der Waals surface area contributed by atoms with E-state index in [0.29, 0.717) is 6.04 Å². The van der Waals surface area contributed by atoms with Crippen LogP contribution in [0.3, 0.4) is 0 Å². The molecule has 1 aliphatic heterocycles. The first-order valence-corrected chi connectivity index (χ1v) is 6.12. The number of benzene rings is 2. The number of nitriles is 1. The smallest absolute Gasteiger partial charge is 0.0991 e. The van der Waals surface area contributed by atoms with Gasteiger partial charge in [0.15, 0.2) is 0 Å². The average molecular weight is 234 g/mol. The minimum Gasteiger partial charge on any atom is -0.378 e. The highest BCUT2D eigenvalue weighted by Gasteiger charge is 2.22. The Bertz CT molecular complexity index is 638. The molecular formula is C16H14N2. The number of anilines is 1. The molecule has 1 atom stereocenters. The van der Waals surface area contributed by atoms with Gasteiger partial charge in [0.05, 0.1) is 17.7 Å². The highest BCUT2D eigenvalue weighted by molar-refractivity contribution is 5.60. The summed E-state index contributed by atoms with van der Waals surface area (Å²) in [6.07, 6.45) is 0.953. The van der Waals surface area contributed by atoms with Gasteiger partial charge in [-0.25, -0.2) is 0 Å². The van der Waals surface area contributed by atoms with Crippen LogP contribution in [0.25, 0.3) is 0 Å². The summed E-state index contributed by atoms with van der Waals surface area (Å²) in [6, 6.07) is 16.9. The number of fused-ring (bicyclic) bond motifs is 1. The number of nitrogens with one attached hydrogen (secondary N) is 1. The lowest BCUT2D eigenvalue weighted by Crippen LogP contribution is -2.05. The van der Waals surface area contributed by atoms with Crippen LogP contribution in [0.2, 0.25) is 0 Å². The third-order valence-electron chi connectivity index (χ3n) is 3.43. The maximum atomic E-state index is 8.92. The van der Waals surface area contributed by atoms with Crippen LogP contribution in [0, 0.1) is 18.3 Å². The topological polar surface area (TPSA) is 35.8 Å². The highest BCUT2D eigenvalue weighted by Crippen LogP contribution is 2.34. The Morgan fingerprint density at radius 3 is 2.89 bits per heavy atom. The minimum absolute atomic E-state index is 0.328. The molecule has 0 bridgehead atoms. The summed E-state index contributed by atoms with van der Waals surface area (Å²) in [6.45, 7) is 2.11. The highest BCUT2D eigenvalue weighted by atomic mass is 14.9. The fourth-order valence-corrected chi connectivity index (χ4v) is 2.52. The first-order chi connectivity index (χ1) is 8.76. The summed E-state index contributed by atoms with van der Waals surface area (Å²) in [5, 5.41) is 12.4. The van der Waals surface area contributed by atoms with E-state index in [2.05, 4.69) is 42.6 Å². The fraction of sp³-hybridized carbons (Fsp3) is 0.188. The molecule has 0 aromatic heterocycles. The molecule has 0 aliphatic carbocycles. The minimum atomic E-state index is 0.328. The Morgan fingerprint density at radius 2 is 2.11 bits per heavy atom. The van der Waals surface area contributed by atoms with Crippen molar-refractivity contribution in [2.24, 2.45) is 0 Å². The third-order valence-corrected chi connectivity index (χ3v) is 3.43. The van der Waals surface area contributed by atoms with Crippen molar-refractivity contribution in [1.29, 1.82) is 5.26 Å². The Morgan fingerprint density at radius 1 is 1.22 bits per heavy atom. The van der Waals surface area contributed by atoms with Crippen LogP contribution in [-0.2, 0) is 6.42 Å². The van der Waals surface area contributed by atoms with Crippen LogP contribution in [0.4, 0.5) is 5.69 Å². The zero-order chi connectivity index (χ0) is 12.5. The standard InChI is InChI=1S/C16H14N2/c1-11-3-2-4-13(7-11)16-9-14-8-12(10-17)5-6-15(14)18-16/h2-8,16,18H,9H2,1H3. The Labute approximate surface area is 107 Å². The molecule has 0 saturated heterocycles. The third kappa shape index (κ3) is 1.84. The van der Waals surface area contributed by atoms with Crippen molar-refractivity contribution in [3.63, 3.8) is 0 Å². The lowest BCUT2D eigenvalue weighted by molar-refractivity contribution is 0.823. The zero-order valence-corrected chi connectivity index (χ0v) is 10.3. The monoisotopic (exact) mass is 234 g/mol. The van der Waals surface area contributed by atoms with E-state index in [-0.39, 0.29) is 0 Å². The van der Waals surface area contributed by atoms with E-state index in [0.717, 1.165) is 17.7 Å². The first-order valence-electron chi connectivity index (χ1n) is 6.12. The van der Waals surface area contributed by atoms with Gasteiger partial charge in [0.2, 0.25) is 0 Å². The van der Waals surface area contributed by atoms with E-state index in [1.54, 1.807) is 0 Å². The summed E-state index contributed by atoms with van der Waals surface area (Å²) in [5.41, 5.74) is 5.72. The molecule has 0 amide bonds. The van der Waals surface area contributed by atoms with E-state index in [4.69, 9.17) is 5.26 Å². The molecule has 2 aromatic rings. The Kier molecular flexibility index (Phi) is 2.53. The summed E-state index contributed by atoms with van der Waals surface area (Å²) in [5.74, 6) is 0. The second kappa shape index (κ2) is 4.19. The van der Waals surface area contributed by atoms with Crippen molar-refractivity contribution in [3.8, 4) is 6.07 Å². The maximum absolute atomic E-state index is 8.92. The maximum Gasteiger partial charge on any atom is 0.0991 e. The molecular weight excluding hydrogens is 220 g/mol. The molecule has 0 spiro atoms. The Hall–Kier alpha value is -2.27. The van der Waals surface area contributed by atoms with Crippen LogP contribution in [0.5, 0.6) is 0 Å². The molecule has 2 heteroatoms. The average Bonchev–Trinajstić information content (AvgIpc) is 2.81. The number of rotatable bonds is 1. The predicted molar refractivity (Wildman–Crippen MR) is 72.4 cm³/mol. The van der Waals surface area contributed by atoms with Crippen molar-refractivity contribution < 1.29 is 0 Å². The van der Waals surface area contributed by atoms with Crippen LogP contribution in [0.15, 0.2) is 42.5 Å². The van der Waals surface area contributed by atoms with Gasteiger partial charge >= 0.3 is 0 Å². The predicted octanol–water partition coefficient (Wildman–Crippen LogP) is 3.58. The van der Waals surface area contributed by atoms with Gasteiger partial charge in [0.1, 0.15) is 0 Å². The number of hydrogen-bond acceptors (Lipinski definition) is 2. The van der Waals surface area contributed by atoms with Gasteiger partial charge < -0.3 is 5.32 Å². The van der Waals surface area contributed by atoms with Gasteiger partial charge in [-0.05, 0) is 42.7 Å². The molecule has 0 saturated carbocycles. The first kappa shape index (κ1) is 10.9. The number of hydrogen-bond donors (Lipinski definition) is 1. The molecule has 1 aliphatic rings. The molecule has 3 rings (SSSR count). The van der Waals surface area contributed by atoms with Crippen molar-refractivity contribution in [2.45, 2.75) is 19.4 Å². The fourth-order valence-electron chi connectivity index (χ4n) is 2.52. The van der Waals surface area contributed by atoms with Crippen molar-refractivity contribution in [3.05, 3.63) is 64.7 Å². The van der Waals surface area contributed by atoms with Gasteiger partial charge in [0.25, 0.3) is 0 Å². The largest absolute Gasteiger partial charge is 0.378 e. The van der Waals surface area contributed by atoms with Crippen LogP contribution in [-0.4, -0.2) is 0 Å². The molecule has 0 fully saturated rings. The molecule has 2 aromatic carbocycles. The van der Waals surface area contributed by atoms with Gasteiger partial charge in [-0.2, -0.15) is 5.26 Å². The van der Waals surface area contributed by atoms with Crippen LogP contribution >= 0.6 is 0 Å². The van der Waals surface area contributed by atoms with Gasteiger partial charge in [0, 0.05) is 5.69 Å². The molecule has 18 heavy (non-hydrogen) atoms. The second-order valence-corrected chi connectivity index (χ2v) is 4.80. The van der Waals surface area contributed by atoms with E-state index in [1.165, 1.54) is 16.7 Å². The number of aryl methyl sites for hydroxylation is 1. The summed E-state index contributed by atoms with van der Waals surface area (Å²) in [7, 11) is 0. The van der Waals surface area contributed by atoms with Crippen molar-refractivity contribution in [2.75, 3.05) is 5.32 Å². The molecule has 1 heterocycles. The molecule has 1 unspecified atom stereocenters. The lowest BCUT2D eigenvalue weighted by atomic mass is 10.0. The lowest BCUT2D eigenvalue weighted by Gasteiger charge is -2.12. The van der Waals surface area contributed by atoms with Gasteiger partial charge in [-0.3, -0.25) is 0 Å². The molecule has 88 valence electrons. The van der Waals surface area contributed by atoms with Crippen molar-refractivity contribution in [1.82, 2.24) is 0 Å². The van der Waals surface area contributed by atoms with Crippen molar-refractivity contribution >= 4 is 5.69 Å². The van der Waals surface area contributed by atoms with Gasteiger partial charge in [-0.15, -0.1) is 0 Å². The van der Waals surface area contributed by atoms with E-state index >= 15 is 0 Å². The SMILES string of the molecule is Cc1cccc(C2Cc3cc(C#N)ccc3N2)c1. The summed E-state index contributed by atoms with van der Waals surface area (Å²) < 4.78 is 0. The van der Waals surface area contributed by atoms with E-state index in [1.807, 2.05) is 18.2 Å². The molecule has 0 radical (unpaired) electrons. The quantitative estimate of drug-likeness (QED) is 0.818. The number of nitrogens with zero attached hydrogens (tertiary/aromatic N) is 1. The van der Waals surface area contributed by atoms with Crippen LogP contribution in [0.1, 0.15) is 28.3 Å². The van der Waals surface area contributed by atoms with Crippen LogP contribution < -0.4 is 5.32 Å². The normalized spacial score (nSPS) is 16.8. The van der Waals surface area contributed by atoms with Gasteiger partial charge in [-0.1, -0.05) is 29.8 Å². The molecule has 2 nitrogen and oxygen atoms in total. The summed E-state index contributed by atoms with van der Waals surface area (Å²) >= 11 is 0. The Balaban J connectivity index is 1.91. The molecule has 1 N–H and O–H groups in total. The summed E-state index contributed by atoms with van der Waals surface area (Å²) in [4.78, 5) is 0.